The number of aromatic nitrogens is 3. The maximum absolute atomic E-state index is 13.5. The maximum Gasteiger partial charge on any atom is 0.322 e. The van der Waals surface area contributed by atoms with Gasteiger partial charge in [0.15, 0.2) is 0 Å². The van der Waals surface area contributed by atoms with Gasteiger partial charge in [-0.05, 0) is 50.5 Å². The van der Waals surface area contributed by atoms with E-state index < -0.39 is 22.0 Å². The molecule has 2 aromatic heterocycles. The van der Waals surface area contributed by atoms with Crippen molar-refractivity contribution in [3.8, 4) is 11.4 Å². The average molecular weight is 575 g/mol. The highest BCUT2D eigenvalue weighted by molar-refractivity contribution is 7.89. The molecule has 0 unspecified atom stereocenters. The highest BCUT2D eigenvalue weighted by Gasteiger charge is 2.39. The number of sulfonamides is 1. The molecule has 1 N–H and O–H groups in total. The third-order valence-corrected chi connectivity index (χ3v) is 9.39. The molecule has 3 heterocycles. The predicted molar refractivity (Wildman–Crippen MR) is 144 cm³/mol. The van der Waals surface area contributed by atoms with Crippen LogP contribution in [0.5, 0.6) is 5.75 Å². The van der Waals surface area contributed by atoms with Crippen molar-refractivity contribution in [2.45, 2.75) is 43.7 Å². The summed E-state index contributed by atoms with van der Waals surface area (Å²) in [4.78, 5) is 20.3. The number of benzene rings is 2. The molecule has 5 rings (SSSR count). The molecule has 0 aliphatic carbocycles. The van der Waals surface area contributed by atoms with Gasteiger partial charge in [-0.2, -0.15) is 4.31 Å². The van der Waals surface area contributed by atoms with Gasteiger partial charge in [-0.25, -0.2) is 18.4 Å². The quantitative estimate of drug-likeness (QED) is 0.321. The van der Waals surface area contributed by atoms with Crippen LogP contribution < -0.4 is 4.74 Å². The molecule has 0 amide bonds. The van der Waals surface area contributed by atoms with Crippen LogP contribution in [0, 0.1) is 6.92 Å². The number of ether oxygens (including phenoxy) is 1. The molecule has 38 heavy (non-hydrogen) atoms. The second-order valence-corrected chi connectivity index (χ2v) is 11.6. The molecular weight excluding hydrogens is 551 g/mol. The van der Waals surface area contributed by atoms with E-state index in [-0.39, 0.29) is 40.1 Å². The van der Waals surface area contributed by atoms with Crippen molar-refractivity contribution in [1.82, 2.24) is 18.8 Å². The molecule has 198 valence electrons. The Hall–Kier alpha value is -3.18. The first-order valence-electron chi connectivity index (χ1n) is 11.9. The lowest BCUT2D eigenvalue weighted by molar-refractivity contribution is -0.142. The van der Waals surface area contributed by atoms with Gasteiger partial charge in [0, 0.05) is 40.6 Å². The Balaban J connectivity index is 1.50. The molecule has 1 aliphatic rings. The van der Waals surface area contributed by atoms with Gasteiger partial charge in [0.05, 0.1) is 17.0 Å². The van der Waals surface area contributed by atoms with Gasteiger partial charge in [0.25, 0.3) is 0 Å². The molecule has 0 saturated carbocycles. The molecule has 0 radical (unpaired) electrons. The van der Waals surface area contributed by atoms with Crippen molar-refractivity contribution in [2.24, 2.45) is 0 Å². The third kappa shape index (κ3) is 4.84. The van der Waals surface area contributed by atoms with E-state index in [1.165, 1.54) is 12.1 Å². The molecule has 4 aromatic rings. The Morgan fingerprint density at radius 3 is 2.76 bits per heavy atom. The third-order valence-electron chi connectivity index (χ3n) is 6.54. The van der Waals surface area contributed by atoms with Gasteiger partial charge >= 0.3 is 5.97 Å². The van der Waals surface area contributed by atoms with Crippen molar-refractivity contribution in [3.63, 3.8) is 0 Å². The van der Waals surface area contributed by atoms with Gasteiger partial charge in [0.2, 0.25) is 10.0 Å². The number of carbonyl (C=O) groups is 1. The lowest BCUT2D eigenvalue weighted by atomic mass is 10.1. The van der Waals surface area contributed by atoms with Crippen LogP contribution in [0.1, 0.15) is 30.5 Å². The lowest BCUT2D eigenvalue weighted by Gasteiger charge is -2.32. The number of carboxylic acid groups (broad SMARTS) is 1. The number of fused-ring (bicyclic) bond motifs is 1. The first-order valence-corrected chi connectivity index (χ1v) is 14.1. The Morgan fingerprint density at radius 2 is 2.03 bits per heavy atom. The highest BCUT2D eigenvalue weighted by Crippen LogP contribution is 2.36. The summed E-state index contributed by atoms with van der Waals surface area (Å²) in [6.45, 7) is 1.85. The van der Waals surface area contributed by atoms with E-state index in [4.69, 9.17) is 27.9 Å². The summed E-state index contributed by atoms with van der Waals surface area (Å²) in [7, 11) is -4.19. The number of pyridine rings is 1. The summed E-state index contributed by atoms with van der Waals surface area (Å²) in [5.41, 5.74) is 2.55. The number of halogens is 2. The smallest absolute Gasteiger partial charge is 0.322 e. The van der Waals surface area contributed by atoms with Crippen molar-refractivity contribution < 1.29 is 23.1 Å². The van der Waals surface area contributed by atoms with E-state index in [2.05, 4.69) is 9.97 Å². The van der Waals surface area contributed by atoms with Gasteiger partial charge in [-0.3, -0.25) is 4.79 Å². The molecule has 1 atom stereocenters. The van der Waals surface area contributed by atoms with Gasteiger partial charge in [0.1, 0.15) is 28.8 Å². The van der Waals surface area contributed by atoms with Gasteiger partial charge in [-0.15, -0.1) is 0 Å². The largest absolute Gasteiger partial charge is 0.487 e. The van der Waals surface area contributed by atoms with Crippen LogP contribution in [0.4, 0.5) is 0 Å². The number of piperidine rings is 1. The zero-order valence-corrected chi connectivity index (χ0v) is 22.7. The molecule has 12 heteroatoms. The van der Waals surface area contributed by atoms with Gasteiger partial charge < -0.3 is 14.4 Å². The Morgan fingerprint density at radius 1 is 1.21 bits per heavy atom. The molecule has 1 fully saturated rings. The van der Waals surface area contributed by atoms with E-state index in [9.17, 15) is 18.3 Å². The predicted octanol–water partition coefficient (Wildman–Crippen LogP) is 5.24. The summed E-state index contributed by atoms with van der Waals surface area (Å²) in [6, 6.07) is 9.06. The monoisotopic (exact) mass is 574 g/mol. The lowest BCUT2D eigenvalue weighted by Crippen LogP contribution is -2.47. The van der Waals surface area contributed by atoms with Gasteiger partial charge in [-0.1, -0.05) is 35.3 Å². The molecule has 2 aromatic carbocycles. The summed E-state index contributed by atoms with van der Waals surface area (Å²) in [5.74, 6) is -0.717. The molecule has 1 aliphatic heterocycles. The van der Waals surface area contributed by atoms with Crippen LogP contribution >= 0.6 is 23.2 Å². The normalized spacial score (nSPS) is 16.6. The topological polar surface area (TPSA) is 115 Å². The van der Waals surface area contributed by atoms with Crippen molar-refractivity contribution in [1.29, 1.82) is 0 Å². The summed E-state index contributed by atoms with van der Waals surface area (Å²) >= 11 is 13.0. The second-order valence-electron chi connectivity index (χ2n) is 9.00. The SMILES string of the molecule is Cc1cc(-n2ccnc2)c2cccc(OCc3c(Cl)ccc(S(=O)(=O)N4CCCC[C@H]4C(=O)O)c3Cl)c2n1. The fourth-order valence-corrected chi connectivity index (χ4v) is 7.20. The molecule has 9 nitrogen and oxygen atoms in total. The zero-order chi connectivity index (χ0) is 27.0. The highest BCUT2D eigenvalue weighted by atomic mass is 35.5. The van der Waals surface area contributed by atoms with E-state index in [1.54, 1.807) is 18.6 Å². The van der Waals surface area contributed by atoms with Crippen LogP contribution in [0.15, 0.2) is 60.0 Å². The van der Waals surface area contributed by atoms with E-state index in [0.717, 1.165) is 21.1 Å². The van der Waals surface area contributed by atoms with E-state index in [0.29, 0.717) is 24.1 Å². The van der Waals surface area contributed by atoms with Crippen molar-refractivity contribution in [2.75, 3.05) is 6.54 Å². The number of aryl methyl sites for hydroxylation is 1. The van der Waals surface area contributed by atoms with Crippen LogP contribution in [-0.4, -0.2) is 50.9 Å². The summed E-state index contributed by atoms with van der Waals surface area (Å²) in [6.07, 6.45) is 6.67. The fourth-order valence-electron chi connectivity index (χ4n) is 4.68. The number of nitrogens with zero attached hydrogens (tertiary/aromatic N) is 4. The van der Waals surface area contributed by atoms with Crippen molar-refractivity contribution in [3.05, 3.63) is 76.4 Å². The average Bonchev–Trinajstić information content (AvgIpc) is 3.43. The summed E-state index contributed by atoms with van der Waals surface area (Å²) < 4.78 is 36.0. The first kappa shape index (κ1) is 26.4. The molecule has 1 saturated heterocycles. The zero-order valence-electron chi connectivity index (χ0n) is 20.3. The van der Waals surface area contributed by atoms with Crippen LogP contribution in [0.3, 0.4) is 0 Å². The number of rotatable bonds is 7. The molecular formula is C26H24Cl2N4O5S. The summed E-state index contributed by atoms with van der Waals surface area (Å²) in [5, 5.41) is 10.6. The number of imidazole rings is 1. The Labute approximate surface area is 229 Å². The van der Waals surface area contributed by atoms with Crippen LogP contribution in [0.2, 0.25) is 10.0 Å². The number of carboxylic acids is 1. The molecule has 0 spiro atoms. The van der Waals surface area contributed by atoms with E-state index in [1.807, 2.05) is 35.9 Å². The van der Waals surface area contributed by atoms with Crippen LogP contribution in [-0.2, 0) is 21.4 Å². The van der Waals surface area contributed by atoms with Crippen LogP contribution in [0.25, 0.3) is 16.6 Å². The minimum atomic E-state index is -4.19. The number of hydrogen-bond acceptors (Lipinski definition) is 6. The first-order chi connectivity index (χ1) is 18.2. The minimum absolute atomic E-state index is 0.101. The maximum atomic E-state index is 13.5. The Bertz CT molecular complexity index is 1630. The number of hydrogen-bond donors (Lipinski definition) is 1. The minimum Gasteiger partial charge on any atom is -0.487 e. The Kier molecular flexibility index (Phi) is 7.32. The second kappa shape index (κ2) is 10.5. The van der Waals surface area contributed by atoms with E-state index >= 15 is 0 Å². The number of para-hydroxylation sites is 1. The van der Waals surface area contributed by atoms with Crippen molar-refractivity contribution >= 4 is 50.1 Å². The number of aliphatic carboxylic acids is 1. The standard InChI is InChI=1S/C26H24Cl2N4O5S/c1-16-13-21(31-12-10-29-15-31)17-5-4-7-22(25(17)30-16)37-14-18-19(27)8-9-23(24(18)28)38(35,36)32-11-3-2-6-20(32)26(33)34/h4-5,7-10,12-13,15,20H,2-3,6,11,14H2,1H3,(H,33,34)/t20-/m0/s1. The fraction of sp³-hybridized carbons (Fsp3) is 0.269. The molecule has 0 bridgehead atoms.